The monoisotopic (exact) mass is 1060 g/mol. The molecule has 0 N–H and O–H groups in total. The molecule has 0 saturated heterocycles. The molecule has 0 spiro atoms. The lowest BCUT2D eigenvalue weighted by Gasteiger charge is -2.29. The van der Waals surface area contributed by atoms with Crippen LogP contribution in [-0.2, 0) is 43.5 Å². The van der Waals surface area contributed by atoms with Crippen molar-refractivity contribution in [2.75, 3.05) is 13.2 Å². The zero-order valence-corrected chi connectivity index (χ0v) is 39.9. The maximum Gasteiger partial charge on any atom is 0.416 e. The molecule has 12 nitrogen and oxygen atoms in total. The van der Waals surface area contributed by atoms with Crippen LogP contribution in [0.5, 0.6) is 11.5 Å². The van der Waals surface area contributed by atoms with Gasteiger partial charge in [0, 0.05) is 71.3 Å². The third-order valence-electron chi connectivity index (χ3n) is 12.2. The first-order valence-corrected chi connectivity index (χ1v) is 25.7. The Morgan fingerprint density at radius 3 is 1.20 bits per heavy atom. The Morgan fingerprint density at radius 2 is 0.851 bits per heavy atom. The number of hydrogen-bond acceptors (Lipinski definition) is 12. The van der Waals surface area contributed by atoms with Gasteiger partial charge in [-0.25, -0.2) is 46.7 Å². The van der Waals surface area contributed by atoms with E-state index in [1.807, 2.05) is 0 Å². The highest BCUT2D eigenvalue weighted by atomic mass is 32.2. The first-order valence-electron chi connectivity index (χ1n) is 22.4. The van der Waals surface area contributed by atoms with Crippen molar-refractivity contribution in [3.8, 4) is 33.8 Å². The number of ether oxygens (including phenoxy) is 2. The molecule has 0 bridgehead atoms. The number of halogens is 8. The van der Waals surface area contributed by atoms with Gasteiger partial charge in [-0.05, 0) is 120 Å². The third kappa shape index (κ3) is 11.4. The van der Waals surface area contributed by atoms with Gasteiger partial charge in [-0.1, -0.05) is 24.3 Å². The highest BCUT2D eigenvalue weighted by Gasteiger charge is 2.35. The molecule has 2 aliphatic heterocycles. The number of benzene rings is 4. The van der Waals surface area contributed by atoms with E-state index in [1.165, 1.54) is 85.7 Å². The molecular weight excluding hydrogens is 1020 g/mol. The summed E-state index contributed by atoms with van der Waals surface area (Å²) in [5, 5.41) is 0. The van der Waals surface area contributed by atoms with Crippen LogP contribution in [0.1, 0.15) is 69.7 Å². The van der Waals surface area contributed by atoms with E-state index in [1.54, 1.807) is 24.3 Å². The maximum atomic E-state index is 13.5. The zero-order valence-electron chi connectivity index (χ0n) is 38.2. The highest BCUT2D eigenvalue weighted by molar-refractivity contribution is 7.91. The average Bonchev–Trinajstić information content (AvgIpc) is 3.39. The van der Waals surface area contributed by atoms with Crippen molar-refractivity contribution < 1.29 is 61.4 Å². The van der Waals surface area contributed by atoms with Gasteiger partial charge in [0.25, 0.3) is 0 Å². The Labute approximate surface area is 418 Å². The molecule has 4 aromatic heterocycles. The van der Waals surface area contributed by atoms with E-state index >= 15 is 0 Å². The lowest BCUT2D eigenvalue weighted by Crippen LogP contribution is -2.17. The number of hydrogen-bond donors (Lipinski definition) is 0. The van der Waals surface area contributed by atoms with Gasteiger partial charge in [0.1, 0.15) is 34.7 Å². The number of rotatable bonds is 10. The number of alkyl halides is 6. The molecule has 0 saturated carbocycles. The first kappa shape index (κ1) is 51.2. The molecule has 6 heterocycles. The molecule has 10 rings (SSSR count). The SMILES string of the molecule is O=S(=O)(Cc1ncccn1)c1ccc2c(c1)OCC[C@@H]2c1ccc(C(F)(F)F)cc1-c1ccc(F)nc1.O=S(=O)(Cc1ncccn1)c1ccc2c(c1)OCC[C@H]2c1ccc(C(F)(F)F)cc1-c1ccc(F)nc1. The summed E-state index contributed by atoms with van der Waals surface area (Å²) in [4.78, 5) is 23.1. The Hall–Kier alpha value is -7.72. The largest absolute Gasteiger partial charge is 0.493 e. The number of fused-ring (bicyclic) bond motifs is 2. The fourth-order valence-corrected chi connectivity index (χ4v) is 11.2. The van der Waals surface area contributed by atoms with Crippen LogP contribution in [0.3, 0.4) is 0 Å². The second-order valence-electron chi connectivity index (χ2n) is 17.0. The van der Waals surface area contributed by atoms with E-state index in [0.29, 0.717) is 57.7 Å². The maximum absolute atomic E-state index is 13.5. The third-order valence-corrected chi connectivity index (χ3v) is 15.5. The van der Waals surface area contributed by atoms with Gasteiger partial charge < -0.3 is 9.47 Å². The molecule has 74 heavy (non-hydrogen) atoms. The van der Waals surface area contributed by atoms with E-state index in [-0.39, 0.29) is 57.6 Å². The molecule has 0 aliphatic carbocycles. The lowest BCUT2D eigenvalue weighted by atomic mass is 9.82. The summed E-state index contributed by atoms with van der Waals surface area (Å²) < 4.78 is 171. The Balaban J connectivity index is 0.000000182. The van der Waals surface area contributed by atoms with E-state index < -0.39 is 66.6 Å². The van der Waals surface area contributed by atoms with Crippen molar-refractivity contribution >= 4 is 19.7 Å². The molecule has 0 fully saturated rings. The number of aromatic nitrogens is 6. The summed E-state index contributed by atoms with van der Waals surface area (Å²) in [5.41, 5.74) is 1.92. The number of sulfone groups is 2. The predicted octanol–water partition coefficient (Wildman–Crippen LogP) is 11.2. The van der Waals surface area contributed by atoms with Crippen LogP contribution in [0.25, 0.3) is 22.3 Å². The second-order valence-corrected chi connectivity index (χ2v) is 20.9. The minimum atomic E-state index is -4.57. The molecule has 2 atom stereocenters. The van der Waals surface area contributed by atoms with Crippen molar-refractivity contribution in [2.24, 2.45) is 0 Å². The fraction of sp³-hybridized carbons (Fsp3) is 0.192. The van der Waals surface area contributed by atoms with Crippen LogP contribution in [-0.4, -0.2) is 60.0 Å². The van der Waals surface area contributed by atoms with Gasteiger partial charge in [-0.2, -0.15) is 35.1 Å². The van der Waals surface area contributed by atoms with Crippen molar-refractivity contribution in [2.45, 2.75) is 58.3 Å². The number of pyridine rings is 2. The van der Waals surface area contributed by atoms with Gasteiger partial charge in [-0.15, -0.1) is 0 Å². The summed E-state index contributed by atoms with van der Waals surface area (Å²) in [6.45, 7) is 0.455. The Kier molecular flexibility index (Phi) is 14.3. The first-order chi connectivity index (χ1) is 35.2. The van der Waals surface area contributed by atoms with Crippen LogP contribution >= 0.6 is 0 Å². The summed E-state index contributed by atoms with van der Waals surface area (Å²) in [5.74, 6) is -2.09. The quantitative estimate of drug-likeness (QED) is 0.0942. The molecule has 8 aromatic rings. The van der Waals surface area contributed by atoms with E-state index in [9.17, 15) is 52.0 Å². The van der Waals surface area contributed by atoms with Gasteiger partial charge in [-0.3, -0.25) is 0 Å². The molecule has 0 amide bonds. The minimum absolute atomic E-state index is 0.0229. The van der Waals surface area contributed by atoms with Crippen LogP contribution in [0.2, 0.25) is 0 Å². The van der Waals surface area contributed by atoms with Crippen LogP contribution in [0, 0.1) is 11.9 Å². The van der Waals surface area contributed by atoms with Gasteiger partial charge >= 0.3 is 12.4 Å². The number of nitrogens with zero attached hydrogens (tertiary/aromatic N) is 6. The topological polar surface area (TPSA) is 164 Å². The van der Waals surface area contributed by atoms with Crippen molar-refractivity contribution in [3.63, 3.8) is 0 Å². The van der Waals surface area contributed by atoms with E-state index in [2.05, 4.69) is 29.9 Å². The molecule has 0 radical (unpaired) electrons. The van der Waals surface area contributed by atoms with E-state index in [4.69, 9.17) is 9.47 Å². The van der Waals surface area contributed by atoms with Gasteiger partial charge in [0.2, 0.25) is 11.9 Å². The summed E-state index contributed by atoms with van der Waals surface area (Å²) in [6, 6.07) is 23.9. The normalized spacial score (nSPS) is 15.6. The fourth-order valence-electron chi connectivity index (χ4n) is 8.73. The van der Waals surface area contributed by atoms with Crippen molar-refractivity contribution in [1.29, 1.82) is 0 Å². The zero-order chi connectivity index (χ0) is 52.4. The highest BCUT2D eigenvalue weighted by Crippen LogP contribution is 2.46. The summed E-state index contributed by atoms with van der Waals surface area (Å²) in [6.07, 6.45) is -0.0411. The molecule has 0 unspecified atom stereocenters. The van der Waals surface area contributed by atoms with Crippen LogP contribution < -0.4 is 9.47 Å². The van der Waals surface area contributed by atoms with E-state index in [0.717, 1.165) is 36.4 Å². The molecule has 22 heteroatoms. The second kappa shape index (κ2) is 20.7. The van der Waals surface area contributed by atoms with Gasteiger partial charge in [0.15, 0.2) is 19.7 Å². The van der Waals surface area contributed by atoms with Gasteiger partial charge in [0.05, 0.1) is 34.1 Å². The van der Waals surface area contributed by atoms with Crippen LogP contribution in [0.15, 0.2) is 156 Å². The Morgan fingerprint density at radius 1 is 0.473 bits per heavy atom. The minimum Gasteiger partial charge on any atom is -0.493 e. The summed E-state index contributed by atoms with van der Waals surface area (Å²) in [7, 11) is -7.56. The standard InChI is InChI=1S/2C26H19F4N3O3S/c2*27-24-7-2-16(14-33-24)22-12-17(26(28,29)30)3-5-19(22)20-8-11-36-23-13-18(4-6-21(20)23)37(34,35)15-25-31-9-1-10-32-25/h2*1-7,9-10,12-14,20H,8,11,15H2/t2*20-/m10/s1. The predicted molar refractivity (Wildman–Crippen MR) is 252 cm³/mol. The average molecular weight is 1060 g/mol. The smallest absolute Gasteiger partial charge is 0.416 e. The molecule has 380 valence electrons. The van der Waals surface area contributed by atoms with Crippen molar-refractivity contribution in [3.05, 3.63) is 203 Å². The summed E-state index contributed by atoms with van der Waals surface area (Å²) >= 11 is 0. The Bertz CT molecular complexity index is 3320. The molecule has 4 aromatic carbocycles. The van der Waals surface area contributed by atoms with Crippen LogP contribution in [0.4, 0.5) is 35.1 Å². The van der Waals surface area contributed by atoms with Crippen molar-refractivity contribution in [1.82, 2.24) is 29.9 Å². The molecule has 2 aliphatic rings. The lowest BCUT2D eigenvalue weighted by molar-refractivity contribution is -0.138. The molecular formula is C52H38F8N6O6S2.